The Labute approximate surface area is 137 Å². The molecule has 0 bridgehead atoms. The van der Waals surface area contributed by atoms with Gasteiger partial charge in [-0.1, -0.05) is 6.07 Å². The maximum absolute atomic E-state index is 12.0. The monoisotopic (exact) mass is 322 g/mol. The molecule has 1 fully saturated rings. The van der Waals surface area contributed by atoms with Crippen molar-refractivity contribution in [1.29, 1.82) is 0 Å². The summed E-state index contributed by atoms with van der Waals surface area (Å²) in [5.74, 6) is 0.173. The zero-order chi connectivity index (χ0) is 17.0. The summed E-state index contributed by atoms with van der Waals surface area (Å²) < 4.78 is 5.38. The van der Waals surface area contributed by atoms with Crippen molar-refractivity contribution in [2.45, 2.75) is 39.3 Å². The van der Waals surface area contributed by atoms with Crippen LogP contribution >= 0.6 is 0 Å². The van der Waals surface area contributed by atoms with Crippen molar-refractivity contribution in [2.24, 2.45) is 5.92 Å². The van der Waals surface area contributed by atoms with Crippen molar-refractivity contribution >= 4 is 6.09 Å². The minimum Gasteiger partial charge on any atom is -0.504 e. The molecule has 1 atom stereocenters. The van der Waals surface area contributed by atoms with Gasteiger partial charge in [-0.25, -0.2) is 4.79 Å². The Balaban J connectivity index is 1.73. The van der Waals surface area contributed by atoms with Gasteiger partial charge in [-0.3, -0.25) is 0 Å². The zero-order valence-corrected chi connectivity index (χ0v) is 14.0. The highest BCUT2D eigenvalue weighted by molar-refractivity contribution is 5.68. The summed E-state index contributed by atoms with van der Waals surface area (Å²) in [6.07, 6.45) is 0.705. The summed E-state index contributed by atoms with van der Waals surface area (Å²) in [5, 5.41) is 22.1. The van der Waals surface area contributed by atoms with E-state index < -0.39 is 5.60 Å². The molecule has 0 radical (unpaired) electrons. The minimum atomic E-state index is -0.464. The number of nitrogens with one attached hydrogen (secondary N) is 1. The Morgan fingerprint density at radius 3 is 2.74 bits per heavy atom. The van der Waals surface area contributed by atoms with Crippen LogP contribution in [-0.2, 0) is 11.3 Å². The number of aromatic hydroxyl groups is 2. The fraction of sp³-hybridized carbons (Fsp3) is 0.588. The Kier molecular flexibility index (Phi) is 5.36. The first-order valence-electron chi connectivity index (χ1n) is 7.94. The molecule has 0 spiro atoms. The van der Waals surface area contributed by atoms with Gasteiger partial charge in [0.25, 0.3) is 0 Å². The van der Waals surface area contributed by atoms with E-state index in [0.29, 0.717) is 19.0 Å². The molecular formula is C17H26N2O4. The van der Waals surface area contributed by atoms with Gasteiger partial charge in [0.1, 0.15) is 5.60 Å². The Morgan fingerprint density at radius 2 is 2.09 bits per heavy atom. The molecule has 1 unspecified atom stereocenters. The number of carbonyl (C=O) groups excluding carboxylic acids is 1. The van der Waals surface area contributed by atoms with Crippen LogP contribution in [-0.4, -0.2) is 46.4 Å². The van der Waals surface area contributed by atoms with Gasteiger partial charge in [-0.05, 0) is 50.8 Å². The third kappa shape index (κ3) is 5.32. The molecule has 6 nitrogen and oxygen atoms in total. The van der Waals surface area contributed by atoms with E-state index >= 15 is 0 Å². The summed E-state index contributed by atoms with van der Waals surface area (Å²) in [6, 6.07) is 4.79. The maximum Gasteiger partial charge on any atom is 0.410 e. The minimum absolute atomic E-state index is 0.110. The Bertz CT molecular complexity index is 554. The molecular weight excluding hydrogens is 296 g/mol. The van der Waals surface area contributed by atoms with Crippen molar-refractivity contribution in [1.82, 2.24) is 10.2 Å². The second-order valence-corrected chi connectivity index (χ2v) is 7.04. The maximum atomic E-state index is 12.0. The largest absolute Gasteiger partial charge is 0.504 e. The molecule has 1 aliphatic rings. The number of hydrogen-bond donors (Lipinski definition) is 3. The molecule has 3 N–H and O–H groups in total. The van der Waals surface area contributed by atoms with Gasteiger partial charge in [0, 0.05) is 26.2 Å². The second kappa shape index (κ2) is 7.08. The average Bonchev–Trinajstić information content (AvgIpc) is 2.90. The van der Waals surface area contributed by atoms with Crippen LogP contribution in [0.15, 0.2) is 18.2 Å². The lowest BCUT2D eigenvalue weighted by Gasteiger charge is -2.24. The predicted octanol–water partition coefficient (Wildman–Crippen LogP) is 2.44. The van der Waals surface area contributed by atoms with E-state index in [1.165, 1.54) is 6.07 Å². The fourth-order valence-corrected chi connectivity index (χ4v) is 2.59. The molecule has 0 aromatic heterocycles. The molecule has 23 heavy (non-hydrogen) atoms. The lowest BCUT2D eigenvalue weighted by Crippen LogP contribution is -2.36. The average molecular weight is 322 g/mol. The number of phenolic OH excluding ortho intramolecular Hbond substituents is 2. The summed E-state index contributed by atoms with van der Waals surface area (Å²) in [5.41, 5.74) is 0.441. The van der Waals surface area contributed by atoms with Crippen LogP contribution in [0.5, 0.6) is 11.5 Å². The molecule has 6 heteroatoms. The fourth-order valence-electron chi connectivity index (χ4n) is 2.59. The number of likely N-dealkylation sites (tertiary alicyclic amines) is 1. The van der Waals surface area contributed by atoms with E-state index in [-0.39, 0.29) is 17.6 Å². The van der Waals surface area contributed by atoms with Crippen LogP contribution in [0.2, 0.25) is 0 Å². The zero-order valence-electron chi connectivity index (χ0n) is 14.0. The molecule has 0 saturated carbocycles. The predicted molar refractivity (Wildman–Crippen MR) is 87.4 cm³/mol. The van der Waals surface area contributed by atoms with E-state index in [2.05, 4.69) is 5.32 Å². The third-order valence-corrected chi connectivity index (χ3v) is 3.74. The van der Waals surface area contributed by atoms with E-state index in [9.17, 15) is 15.0 Å². The van der Waals surface area contributed by atoms with Gasteiger partial charge < -0.3 is 25.2 Å². The first-order valence-corrected chi connectivity index (χ1v) is 7.94. The highest BCUT2D eigenvalue weighted by atomic mass is 16.6. The number of ether oxygens (including phenoxy) is 1. The summed E-state index contributed by atoms with van der Waals surface area (Å²) >= 11 is 0. The normalized spacial score (nSPS) is 18.2. The molecule has 1 heterocycles. The number of nitrogens with zero attached hydrogens (tertiary/aromatic N) is 1. The van der Waals surface area contributed by atoms with Gasteiger partial charge in [-0.15, -0.1) is 0 Å². The lowest BCUT2D eigenvalue weighted by atomic mass is 10.1. The standard InChI is InChI=1S/C17H26N2O4/c1-17(2,3)23-16(22)19-7-6-13(11-19)10-18-9-12-4-5-14(20)15(21)8-12/h4-5,8,13,18,20-21H,6-7,9-11H2,1-3H3. The van der Waals surface area contributed by atoms with Crippen molar-refractivity contribution in [3.8, 4) is 11.5 Å². The molecule has 1 amide bonds. The van der Waals surface area contributed by atoms with Gasteiger partial charge >= 0.3 is 6.09 Å². The number of rotatable bonds is 4. The van der Waals surface area contributed by atoms with Crippen LogP contribution < -0.4 is 5.32 Å². The van der Waals surface area contributed by atoms with Crippen LogP contribution in [0.4, 0.5) is 4.79 Å². The van der Waals surface area contributed by atoms with Crippen LogP contribution in [0.25, 0.3) is 0 Å². The van der Waals surface area contributed by atoms with E-state index in [1.807, 2.05) is 20.8 Å². The molecule has 1 aliphatic heterocycles. The first kappa shape index (κ1) is 17.4. The van der Waals surface area contributed by atoms with Crippen LogP contribution in [0.1, 0.15) is 32.8 Å². The highest BCUT2D eigenvalue weighted by Gasteiger charge is 2.29. The lowest BCUT2D eigenvalue weighted by molar-refractivity contribution is 0.0288. The molecule has 1 saturated heterocycles. The van der Waals surface area contributed by atoms with Crippen molar-refractivity contribution in [3.05, 3.63) is 23.8 Å². The molecule has 1 aromatic rings. The number of carbonyl (C=O) groups is 1. The van der Waals surface area contributed by atoms with Gasteiger partial charge in [0.05, 0.1) is 0 Å². The summed E-state index contributed by atoms with van der Waals surface area (Å²) in [7, 11) is 0. The number of phenols is 2. The molecule has 2 rings (SSSR count). The number of benzene rings is 1. The molecule has 0 aliphatic carbocycles. The Morgan fingerprint density at radius 1 is 1.35 bits per heavy atom. The van der Waals surface area contributed by atoms with Crippen LogP contribution in [0, 0.1) is 5.92 Å². The second-order valence-electron chi connectivity index (χ2n) is 7.04. The summed E-state index contributed by atoms with van der Waals surface area (Å²) in [4.78, 5) is 13.8. The third-order valence-electron chi connectivity index (χ3n) is 3.74. The van der Waals surface area contributed by atoms with E-state index in [0.717, 1.165) is 25.1 Å². The van der Waals surface area contributed by atoms with Crippen molar-refractivity contribution < 1.29 is 19.7 Å². The number of hydrogen-bond acceptors (Lipinski definition) is 5. The number of amides is 1. The van der Waals surface area contributed by atoms with Crippen LogP contribution in [0.3, 0.4) is 0 Å². The quantitative estimate of drug-likeness (QED) is 0.742. The summed E-state index contributed by atoms with van der Waals surface area (Å²) in [6.45, 7) is 8.43. The van der Waals surface area contributed by atoms with Gasteiger partial charge in [-0.2, -0.15) is 0 Å². The highest BCUT2D eigenvalue weighted by Crippen LogP contribution is 2.25. The Hall–Kier alpha value is -1.95. The molecule has 128 valence electrons. The van der Waals surface area contributed by atoms with E-state index in [1.54, 1.807) is 17.0 Å². The van der Waals surface area contributed by atoms with Gasteiger partial charge in [0.15, 0.2) is 11.5 Å². The molecule has 1 aromatic carbocycles. The first-order chi connectivity index (χ1) is 10.7. The van der Waals surface area contributed by atoms with Crippen molar-refractivity contribution in [2.75, 3.05) is 19.6 Å². The van der Waals surface area contributed by atoms with Crippen molar-refractivity contribution in [3.63, 3.8) is 0 Å². The SMILES string of the molecule is CC(C)(C)OC(=O)N1CCC(CNCc2ccc(O)c(O)c2)C1. The van der Waals surface area contributed by atoms with E-state index in [4.69, 9.17) is 4.74 Å². The topological polar surface area (TPSA) is 82.0 Å². The van der Waals surface area contributed by atoms with Gasteiger partial charge in [0.2, 0.25) is 0 Å². The smallest absolute Gasteiger partial charge is 0.410 e.